The molecule has 0 bridgehead atoms. The molecule has 0 radical (unpaired) electrons. The van der Waals surface area contributed by atoms with E-state index >= 15 is 0 Å². The van der Waals surface area contributed by atoms with Crippen LogP contribution in [0.2, 0.25) is 0 Å². The van der Waals surface area contributed by atoms with Gasteiger partial charge in [-0.25, -0.2) is 4.79 Å². The fourth-order valence-electron chi connectivity index (χ4n) is 3.15. The first-order valence-electron chi connectivity index (χ1n) is 8.14. The van der Waals surface area contributed by atoms with Gasteiger partial charge in [-0.05, 0) is 65.2 Å². The third kappa shape index (κ3) is 4.65. The Morgan fingerprint density at radius 3 is 2.40 bits per heavy atom. The highest BCUT2D eigenvalue weighted by molar-refractivity contribution is 5.68. The minimum atomic E-state index is -0.425. The van der Waals surface area contributed by atoms with Crippen molar-refractivity contribution in [2.24, 2.45) is 5.92 Å². The maximum Gasteiger partial charge on any atom is 0.407 e. The summed E-state index contributed by atoms with van der Waals surface area (Å²) in [6, 6.07) is 1.26. The molecular formula is C16H30N2O2. The van der Waals surface area contributed by atoms with Crippen LogP contribution in [0.3, 0.4) is 0 Å². The lowest BCUT2D eigenvalue weighted by Gasteiger charge is -2.28. The number of ether oxygens (including phenoxy) is 1. The highest BCUT2D eigenvalue weighted by atomic mass is 16.6. The fraction of sp³-hybridized carbons (Fsp3) is 0.938. The molecule has 4 heteroatoms. The smallest absolute Gasteiger partial charge is 0.407 e. The molecular weight excluding hydrogens is 252 g/mol. The largest absolute Gasteiger partial charge is 0.444 e. The van der Waals surface area contributed by atoms with Crippen LogP contribution in [0.1, 0.15) is 66.2 Å². The van der Waals surface area contributed by atoms with Gasteiger partial charge in [0.2, 0.25) is 0 Å². The first-order valence-corrected chi connectivity index (χ1v) is 8.14. The topological polar surface area (TPSA) is 50.4 Å². The molecule has 116 valence electrons. The van der Waals surface area contributed by atoms with Crippen LogP contribution < -0.4 is 10.6 Å². The molecule has 1 amide bonds. The van der Waals surface area contributed by atoms with Gasteiger partial charge in [0.25, 0.3) is 0 Å². The zero-order valence-electron chi connectivity index (χ0n) is 13.4. The van der Waals surface area contributed by atoms with Crippen LogP contribution in [0.5, 0.6) is 0 Å². The Balaban J connectivity index is 1.82. The van der Waals surface area contributed by atoms with E-state index in [-0.39, 0.29) is 12.1 Å². The van der Waals surface area contributed by atoms with Crippen molar-refractivity contribution < 1.29 is 9.53 Å². The molecule has 0 heterocycles. The van der Waals surface area contributed by atoms with Gasteiger partial charge in [-0.3, -0.25) is 0 Å². The number of carbonyl (C=O) groups is 1. The molecule has 0 aromatic rings. The molecule has 20 heavy (non-hydrogen) atoms. The first kappa shape index (κ1) is 15.6. The number of carbonyl (C=O) groups excluding carboxylic acids is 1. The Morgan fingerprint density at radius 1 is 1.20 bits per heavy atom. The molecule has 2 fully saturated rings. The number of nitrogens with one attached hydrogen (secondary N) is 2. The normalized spacial score (nSPS) is 28.2. The van der Waals surface area contributed by atoms with Gasteiger partial charge in [0, 0.05) is 18.1 Å². The van der Waals surface area contributed by atoms with E-state index in [9.17, 15) is 4.79 Å². The SMILES string of the molecule is CCC(NC1CCCC1NC(=O)OC(C)(C)C)C1CC1. The number of amides is 1. The maximum absolute atomic E-state index is 11.9. The Kier molecular flexibility index (Phi) is 4.95. The average Bonchev–Trinajstić information content (AvgIpc) is 3.07. The molecule has 2 saturated carbocycles. The van der Waals surface area contributed by atoms with Gasteiger partial charge >= 0.3 is 6.09 Å². The van der Waals surface area contributed by atoms with E-state index in [2.05, 4.69) is 17.6 Å². The lowest BCUT2D eigenvalue weighted by Crippen LogP contribution is -2.51. The summed E-state index contributed by atoms with van der Waals surface area (Å²) in [5, 5.41) is 6.83. The summed E-state index contributed by atoms with van der Waals surface area (Å²) in [5.74, 6) is 0.864. The van der Waals surface area contributed by atoms with Gasteiger partial charge < -0.3 is 15.4 Å². The van der Waals surface area contributed by atoms with E-state index in [0.29, 0.717) is 12.1 Å². The van der Waals surface area contributed by atoms with Gasteiger partial charge in [0.05, 0.1) is 0 Å². The molecule has 4 nitrogen and oxygen atoms in total. The molecule has 3 unspecified atom stereocenters. The van der Waals surface area contributed by atoms with E-state index in [1.807, 2.05) is 20.8 Å². The highest BCUT2D eigenvalue weighted by Gasteiger charge is 2.36. The number of hydrogen-bond acceptors (Lipinski definition) is 3. The first-order chi connectivity index (χ1) is 9.39. The van der Waals surface area contributed by atoms with Crippen molar-refractivity contribution in [1.29, 1.82) is 0 Å². The molecule has 0 saturated heterocycles. The predicted molar refractivity (Wildman–Crippen MR) is 80.7 cm³/mol. The van der Waals surface area contributed by atoms with Gasteiger partial charge in [-0.1, -0.05) is 6.92 Å². The highest BCUT2D eigenvalue weighted by Crippen LogP contribution is 2.35. The second kappa shape index (κ2) is 6.33. The Bertz CT molecular complexity index is 334. The number of alkyl carbamates (subject to hydrolysis) is 1. The van der Waals surface area contributed by atoms with E-state index in [4.69, 9.17) is 4.74 Å². The van der Waals surface area contributed by atoms with Crippen molar-refractivity contribution in [1.82, 2.24) is 10.6 Å². The monoisotopic (exact) mass is 282 g/mol. The molecule has 0 aromatic carbocycles. The third-order valence-electron chi connectivity index (χ3n) is 4.28. The summed E-state index contributed by atoms with van der Waals surface area (Å²) in [6.45, 7) is 7.95. The van der Waals surface area contributed by atoms with Crippen LogP contribution in [-0.2, 0) is 4.74 Å². The molecule has 2 aliphatic carbocycles. The van der Waals surface area contributed by atoms with Crippen molar-refractivity contribution in [2.45, 2.75) is 89.9 Å². The molecule has 0 aliphatic heterocycles. The second-order valence-corrected chi connectivity index (χ2v) is 7.31. The summed E-state index contributed by atoms with van der Waals surface area (Å²) in [7, 11) is 0. The lowest BCUT2D eigenvalue weighted by atomic mass is 10.1. The number of hydrogen-bond donors (Lipinski definition) is 2. The Morgan fingerprint density at radius 2 is 1.85 bits per heavy atom. The minimum Gasteiger partial charge on any atom is -0.444 e. The van der Waals surface area contributed by atoms with Gasteiger partial charge in [-0.15, -0.1) is 0 Å². The standard InChI is InChI=1S/C16H30N2O2/c1-5-12(11-9-10-11)17-13-7-6-8-14(13)18-15(19)20-16(2,3)4/h11-14,17H,5-10H2,1-4H3,(H,18,19). The fourth-order valence-corrected chi connectivity index (χ4v) is 3.15. The Hall–Kier alpha value is -0.770. The zero-order valence-corrected chi connectivity index (χ0v) is 13.4. The summed E-state index contributed by atoms with van der Waals surface area (Å²) in [6.07, 6.45) is 7.02. The molecule has 2 N–H and O–H groups in total. The zero-order chi connectivity index (χ0) is 14.8. The summed E-state index contributed by atoms with van der Waals surface area (Å²) < 4.78 is 5.36. The number of rotatable bonds is 5. The van der Waals surface area contributed by atoms with Gasteiger partial charge in [-0.2, -0.15) is 0 Å². The molecule has 3 atom stereocenters. The summed E-state index contributed by atoms with van der Waals surface area (Å²) >= 11 is 0. The molecule has 2 rings (SSSR count). The summed E-state index contributed by atoms with van der Waals surface area (Å²) in [5.41, 5.74) is -0.425. The molecule has 0 aromatic heterocycles. The maximum atomic E-state index is 11.9. The van der Waals surface area contributed by atoms with Crippen LogP contribution in [0.15, 0.2) is 0 Å². The van der Waals surface area contributed by atoms with Crippen molar-refractivity contribution in [3.05, 3.63) is 0 Å². The van der Waals surface area contributed by atoms with Crippen LogP contribution >= 0.6 is 0 Å². The van der Waals surface area contributed by atoms with Crippen molar-refractivity contribution in [2.75, 3.05) is 0 Å². The quantitative estimate of drug-likeness (QED) is 0.814. The van der Waals surface area contributed by atoms with Crippen LogP contribution in [-0.4, -0.2) is 29.8 Å². The Labute approximate surface area is 123 Å². The third-order valence-corrected chi connectivity index (χ3v) is 4.28. The van der Waals surface area contributed by atoms with Crippen LogP contribution in [0.4, 0.5) is 4.79 Å². The van der Waals surface area contributed by atoms with Crippen molar-refractivity contribution >= 4 is 6.09 Å². The minimum absolute atomic E-state index is 0.220. The molecule has 2 aliphatic rings. The lowest BCUT2D eigenvalue weighted by molar-refractivity contribution is 0.0496. The van der Waals surface area contributed by atoms with E-state index in [1.165, 1.54) is 25.7 Å². The van der Waals surface area contributed by atoms with Crippen molar-refractivity contribution in [3.8, 4) is 0 Å². The predicted octanol–water partition coefficient (Wildman–Crippen LogP) is 3.21. The summed E-state index contributed by atoms with van der Waals surface area (Å²) in [4.78, 5) is 11.9. The second-order valence-electron chi connectivity index (χ2n) is 7.31. The van der Waals surface area contributed by atoms with Gasteiger partial charge in [0.15, 0.2) is 0 Å². The van der Waals surface area contributed by atoms with E-state index in [1.54, 1.807) is 0 Å². The average molecular weight is 282 g/mol. The van der Waals surface area contributed by atoms with E-state index < -0.39 is 5.60 Å². The van der Waals surface area contributed by atoms with E-state index in [0.717, 1.165) is 18.8 Å². The van der Waals surface area contributed by atoms with Gasteiger partial charge in [0.1, 0.15) is 5.60 Å². The molecule has 0 spiro atoms. The van der Waals surface area contributed by atoms with Crippen LogP contribution in [0, 0.1) is 5.92 Å². The van der Waals surface area contributed by atoms with Crippen LogP contribution in [0.25, 0.3) is 0 Å². The van der Waals surface area contributed by atoms with Crippen molar-refractivity contribution in [3.63, 3.8) is 0 Å².